The maximum atomic E-state index is 12.9. The fourth-order valence-electron chi connectivity index (χ4n) is 10.2. The predicted octanol–water partition coefficient (Wildman–Crippen LogP) is 23.9. The lowest BCUT2D eigenvalue weighted by molar-refractivity contribution is -0.167. The molecule has 0 aliphatic rings. The van der Waals surface area contributed by atoms with Crippen LogP contribution in [0.5, 0.6) is 0 Å². The molecular weight excluding hydrogens is 973 g/mol. The Morgan fingerprint density at radius 2 is 0.456 bits per heavy atom. The molecule has 0 aromatic rings. The molecule has 79 heavy (non-hydrogen) atoms. The molecule has 0 aliphatic carbocycles. The normalized spacial score (nSPS) is 12.4. The van der Waals surface area contributed by atoms with Crippen LogP contribution in [0.25, 0.3) is 0 Å². The number of carbonyl (C=O) groups excluding carboxylic acids is 3. The second-order valence-electron chi connectivity index (χ2n) is 23.4. The highest BCUT2D eigenvalue weighted by atomic mass is 16.6. The summed E-state index contributed by atoms with van der Waals surface area (Å²) >= 11 is 0. The van der Waals surface area contributed by atoms with E-state index in [4.69, 9.17) is 14.2 Å². The molecule has 0 saturated heterocycles. The quantitative estimate of drug-likeness (QED) is 0.0261. The van der Waals surface area contributed by atoms with Crippen LogP contribution in [0.2, 0.25) is 0 Å². The molecule has 0 N–H and O–H groups in total. The van der Waals surface area contributed by atoms with Crippen molar-refractivity contribution in [1.82, 2.24) is 0 Å². The Kier molecular flexibility index (Phi) is 65.1. The zero-order chi connectivity index (χ0) is 57.1. The minimum atomic E-state index is -0.774. The van der Waals surface area contributed by atoms with Crippen molar-refractivity contribution >= 4 is 17.9 Å². The number of allylic oxidation sites excluding steroid dienone is 10. The second kappa shape index (κ2) is 67.6. The van der Waals surface area contributed by atoms with Crippen LogP contribution in [-0.2, 0) is 28.6 Å². The largest absolute Gasteiger partial charge is 0.462 e. The van der Waals surface area contributed by atoms with Gasteiger partial charge in [0.15, 0.2) is 6.10 Å². The molecule has 0 bridgehead atoms. The summed E-state index contributed by atoms with van der Waals surface area (Å²) in [5.74, 6) is -0.858. The predicted molar refractivity (Wildman–Crippen MR) is 344 cm³/mol. The van der Waals surface area contributed by atoms with Gasteiger partial charge in [0, 0.05) is 19.3 Å². The van der Waals surface area contributed by atoms with Gasteiger partial charge in [0.05, 0.1) is 0 Å². The van der Waals surface area contributed by atoms with E-state index in [9.17, 15) is 14.4 Å². The highest BCUT2D eigenvalue weighted by molar-refractivity contribution is 5.71. The number of hydrogen-bond donors (Lipinski definition) is 0. The third-order valence-electron chi connectivity index (χ3n) is 15.5. The van der Waals surface area contributed by atoms with Crippen molar-refractivity contribution in [2.24, 2.45) is 0 Å². The Balaban J connectivity index is 4.15. The number of carbonyl (C=O) groups is 3. The van der Waals surface area contributed by atoms with Crippen molar-refractivity contribution in [1.29, 1.82) is 0 Å². The monoisotopic (exact) mass is 1110 g/mol. The van der Waals surface area contributed by atoms with Crippen LogP contribution in [0, 0.1) is 0 Å². The Morgan fingerprint density at radius 1 is 0.253 bits per heavy atom. The van der Waals surface area contributed by atoms with Gasteiger partial charge in [-0.1, -0.05) is 319 Å². The topological polar surface area (TPSA) is 78.9 Å². The Labute approximate surface area is 491 Å². The fraction of sp³-hybridized carbons (Fsp3) is 0.822. The van der Waals surface area contributed by atoms with E-state index in [-0.39, 0.29) is 31.1 Å². The first-order valence-corrected chi connectivity index (χ1v) is 34.8. The molecule has 0 saturated carbocycles. The summed E-state index contributed by atoms with van der Waals surface area (Å²) in [5.41, 5.74) is 0. The van der Waals surface area contributed by atoms with E-state index < -0.39 is 6.10 Å². The zero-order valence-corrected chi connectivity index (χ0v) is 52.9. The molecule has 460 valence electrons. The highest BCUT2D eigenvalue weighted by Crippen LogP contribution is 2.17. The maximum absolute atomic E-state index is 12.9. The van der Waals surface area contributed by atoms with Gasteiger partial charge in [-0.2, -0.15) is 0 Å². The van der Waals surface area contributed by atoms with E-state index in [2.05, 4.69) is 81.5 Å². The minimum absolute atomic E-state index is 0.0719. The molecule has 0 spiro atoms. The molecule has 0 fully saturated rings. The summed E-state index contributed by atoms with van der Waals surface area (Å²) in [4.78, 5) is 38.3. The standard InChI is InChI=1S/C73H132O6/c1-4-7-10-13-16-19-21-23-25-27-29-31-33-35-36-38-39-41-43-45-47-49-51-54-57-60-63-66-72(75)78-69-70(68-77-71(74)65-62-59-56-53-18-15-12-9-6-3)79-73(76)67-64-61-58-55-52-50-48-46-44-42-40-37-34-32-30-28-26-24-22-20-17-14-11-8-5-2/h21-24,27-30,34,37,70H,4-20,25-26,31-33,35-36,38-69H2,1-3H3/b23-21-,24-22-,29-27-,30-28-,37-34-. The first-order chi connectivity index (χ1) is 39.0. The van der Waals surface area contributed by atoms with Crippen LogP contribution in [0.4, 0.5) is 0 Å². The second-order valence-corrected chi connectivity index (χ2v) is 23.4. The van der Waals surface area contributed by atoms with Crippen LogP contribution in [-0.4, -0.2) is 37.2 Å². The third-order valence-corrected chi connectivity index (χ3v) is 15.5. The summed E-state index contributed by atoms with van der Waals surface area (Å²) < 4.78 is 16.9. The average molecular weight is 1110 g/mol. The fourth-order valence-corrected chi connectivity index (χ4v) is 10.2. The summed E-state index contributed by atoms with van der Waals surface area (Å²) in [6.07, 6.45) is 86.8. The lowest BCUT2D eigenvalue weighted by Crippen LogP contribution is -2.30. The summed E-state index contributed by atoms with van der Waals surface area (Å²) in [7, 11) is 0. The van der Waals surface area contributed by atoms with Gasteiger partial charge in [-0.25, -0.2) is 0 Å². The van der Waals surface area contributed by atoms with Gasteiger partial charge in [-0.15, -0.1) is 0 Å². The molecule has 6 heteroatoms. The van der Waals surface area contributed by atoms with E-state index >= 15 is 0 Å². The molecule has 0 radical (unpaired) electrons. The number of esters is 3. The molecular formula is C73H132O6. The van der Waals surface area contributed by atoms with Crippen LogP contribution in [0.1, 0.15) is 367 Å². The lowest BCUT2D eigenvalue weighted by atomic mass is 10.0. The van der Waals surface area contributed by atoms with Crippen molar-refractivity contribution in [3.63, 3.8) is 0 Å². The van der Waals surface area contributed by atoms with Crippen LogP contribution >= 0.6 is 0 Å². The number of ether oxygens (including phenoxy) is 3. The van der Waals surface area contributed by atoms with E-state index in [1.165, 1.54) is 250 Å². The van der Waals surface area contributed by atoms with Crippen molar-refractivity contribution < 1.29 is 28.6 Å². The van der Waals surface area contributed by atoms with Gasteiger partial charge in [-0.05, 0) is 89.9 Å². The highest BCUT2D eigenvalue weighted by Gasteiger charge is 2.19. The van der Waals surface area contributed by atoms with Crippen LogP contribution in [0.3, 0.4) is 0 Å². The number of rotatable bonds is 64. The molecule has 6 nitrogen and oxygen atoms in total. The molecule has 0 aromatic heterocycles. The Hall–Kier alpha value is -2.89. The average Bonchev–Trinajstić information content (AvgIpc) is 3.45. The lowest BCUT2D eigenvalue weighted by Gasteiger charge is -2.18. The van der Waals surface area contributed by atoms with Crippen molar-refractivity contribution in [3.8, 4) is 0 Å². The van der Waals surface area contributed by atoms with Gasteiger partial charge in [0.1, 0.15) is 13.2 Å². The molecule has 0 aromatic carbocycles. The minimum Gasteiger partial charge on any atom is -0.462 e. The molecule has 0 heterocycles. The van der Waals surface area contributed by atoms with Crippen LogP contribution in [0.15, 0.2) is 60.8 Å². The first-order valence-electron chi connectivity index (χ1n) is 34.8. The van der Waals surface area contributed by atoms with Gasteiger partial charge in [-0.3, -0.25) is 14.4 Å². The van der Waals surface area contributed by atoms with Crippen molar-refractivity contribution in [2.75, 3.05) is 13.2 Å². The molecule has 0 rings (SSSR count). The Morgan fingerprint density at radius 3 is 0.709 bits per heavy atom. The number of hydrogen-bond acceptors (Lipinski definition) is 6. The molecule has 0 aliphatic heterocycles. The van der Waals surface area contributed by atoms with Crippen molar-refractivity contribution in [2.45, 2.75) is 374 Å². The molecule has 1 atom stereocenters. The third kappa shape index (κ3) is 65.8. The SMILES string of the molecule is CCCCCCC/C=C\C/C=C\C/C=C\CCCCCCCCCCCCC(=O)OC(COC(=O)CCCCCCCCCCC)COC(=O)CCCCCCCCCCCCCCCCC/C=C\C/C=C\CCCCCCC. The maximum Gasteiger partial charge on any atom is 0.306 e. The van der Waals surface area contributed by atoms with Crippen LogP contribution < -0.4 is 0 Å². The van der Waals surface area contributed by atoms with Gasteiger partial charge in [0.25, 0.3) is 0 Å². The van der Waals surface area contributed by atoms with Gasteiger partial charge >= 0.3 is 17.9 Å². The Bertz CT molecular complexity index is 1410. The smallest absolute Gasteiger partial charge is 0.306 e. The van der Waals surface area contributed by atoms with Gasteiger partial charge in [0.2, 0.25) is 0 Å². The van der Waals surface area contributed by atoms with Gasteiger partial charge < -0.3 is 14.2 Å². The number of unbranched alkanes of at least 4 members (excludes halogenated alkanes) is 43. The van der Waals surface area contributed by atoms with E-state index in [0.29, 0.717) is 19.3 Å². The first kappa shape index (κ1) is 76.1. The summed E-state index contributed by atoms with van der Waals surface area (Å²) in [6, 6.07) is 0. The van der Waals surface area contributed by atoms with Crippen molar-refractivity contribution in [3.05, 3.63) is 60.8 Å². The van der Waals surface area contributed by atoms with E-state index in [1.54, 1.807) is 0 Å². The van der Waals surface area contributed by atoms with E-state index in [0.717, 1.165) is 77.0 Å². The zero-order valence-electron chi connectivity index (χ0n) is 52.9. The summed E-state index contributed by atoms with van der Waals surface area (Å²) in [6.45, 7) is 6.65. The molecule has 1 unspecified atom stereocenters. The van der Waals surface area contributed by atoms with E-state index in [1.807, 2.05) is 0 Å². The summed E-state index contributed by atoms with van der Waals surface area (Å²) in [5, 5.41) is 0. The molecule has 0 amide bonds.